The van der Waals surface area contributed by atoms with Crippen LogP contribution in [0.5, 0.6) is 17.2 Å². The van der Waals surface area contributed by atoms with E-state index in [1.165, 1.54) is 12.1 Å². The van der Waals surface area contributed by atoms with Crippen molar-refractivity contribution in [2.24, 2.45) is 0 Å². The Labute approximate surface area is 189 Å². The van der Waals surface area contributed by atoms with Crippen LogP contribution in [0.15, 0.2) is 84.6 Å². The lowest BCUT2D eigenvalue weighted by atomic mass is 10.0. The molecule has 0 saturated carbocycles. The quantitative estimate of drug-likeness (QED) is 0.298. The van der Waals surface area contributed by atoms with Crippen LogP contribution in [0.3, 0.4) is 0 Å². The highest BCUT2D eigenvalue weighted by molar-refractivity contribution is 6.17. The van der Waals surface area contributed by atoms with Gasteiger partial charge in [-0.3, -0.25) is 0 Å². The fourth-order valence-corrected chi connectivity index (χ4v) is 3.03. The SMILES string of the molecule is CCOC(=O)C(=C(C)Nc1ccccc1)c1ccc(Oc2ccc(OC(F)(F)F)cc2)cc1. The normalized spacial score (nSPS) is 11.9. The van der Waals surface area contributed by atoms with Gasteiger partial charge in [0.05, 0.1) is 12.2 Å². The molecular weight excluding hydrogens is 435 g/mol. The summed E-state index contributed by atoms with van der Waals surface area (Å²) in [6.07, 6.45) is -4.75. The number of ether oxygens (including phenoxy) is 3. The molecule has 5 nitrogen and oxygen atoms in total. The van der Waals surface area contributed by atoms with Crippen LogP contribution in [0.1, 0.15) is 19.4 Å². The Bertz CT molecular complexity index is 1090. The van der Waals surface area contributed by atoms with Gasteiger partial charge in [0.15, 0.2) is 0 Å². The number of anilines is 1. The lowest BCUT2D eigenvalue weighted by Gasteiger charge is -2.14. The predicted octanol–water partition coefficient (Wildman–Crippen LogP) is 6.78. The fourth-order valence-electron chi connectivity index (χ4n) is 3.03. The smallest absolute Gasteiger partial charge is 0.462 e. The summed E-state index contributed by atoms with van der Waals surface area (Å²) in [5.41, 5.74) is 2.44. The van der Waals surface area contributed by atoms with Crippen molar-refractivity contribution in [3.63, 3.8) is 0 Å². The number of benzene rings is 3. The molecule has 3 rings (SSSR count). The monoisotopic (exact) mass is 457 g/mol. The molecule has 0 spiro atoms. The van der Waals surface area contributed by atoms with E-state index in [-0.39, 0.29) is 12.4 Å². The number of carbonyl (C=O) groups is 1. The van der Waals surface area contributed by atoms with Gasteiger partial charge in [0.2, 0.25) is 0 Å². The number of rotatable bonds is 8. The second kappa shape index (κ2) is 10.6. The van der Waals surface area contributed by atoms with Gasteiger partial charge >= 0.3 is 12.3 Å². The van der Waals surface area contributed by atoms with Gasteiger partial charge in [-0.2, -0.15) is 0 Å². The molecule has 0 aliphatic rings. The molecule has 0 aliphatic carbocycles. The van der Waals surface area contributed by atoms with Gasteiger partial charge in [-0.05, 0) is 67.9 Å². The van der Waals surface area contributed by atoms with Gasteiger partial charge in [-0.1, -0.05) is 30.3 Å². The molecule has 0 amide bonds. The lowest BCUT2D eigenvalue weighted by molar-refractivity contribution is -0.274. The number of halogens is 3. The zero-order valence-corrected chi connectivity index (χ0v) is 18.0. The second-order valence-electron chi connectivity index (χ2n) is 6.86. The van der Waals surface area contributed by atoms with E-state index in [0.29, 0.717) is 28.3 Å². The molecule has 172 valence electrons. The average molecular weight is 457 g/mol. The second-order valence-corrected chi connectivity index (χ2v) is 6.86. The van der Waals surface area contributed by atoms with E-state index in [9.17, 15) is 18.0 Å². The molecule has 0 radical (unpaired) electrons. The van der Waals surface area contributed by atoms with Gasteiger partial charge in [-0.15, -0.1) is 13.2 Å². The molecule has 3 aromatic carbocycles. The molecule has 33 heavy (non-hydrogen) atoms. The highest BCUT2D eigenvalue weighted by Crippen LogP contribution is 2.29. The fraction of sp³-hybridized carbons (Fsp3) is 0.160. The highest BCUT2D eigenvalue weighted by Gasteiger charge is 2.31. The molecule has 8 heteroatoms. The molecule has 0 unspecified atom stereocenters. The Balaban J connectivity index is 1.78. The van der Waals surface area contributed by atoms with E-state index in [2.05, 4.69) is 10.1 Å². The zero-order chi connectivity index (χ0) is 23.8. The molecule has 0 bridgehead atoms. The molecule has 0 heterocycles. The molecule has 3 aromatic rings. The molecule has 0 aliphatic heterocycles. The first-order valence-corrected chi connectivity index (χ1v) is 10.1. The van der Waals surface area contributed by atoms with Crippen LogP contribution in [0, 0.1) is 0 Å². The minimum Gasteiger partial charge on any atom is -0.462 e. The number of hydrogen-bond donors (Lipinski definition) is 1. The molecule has 0 saturated heterocycles. The predicted molar refractivity (Wildman–Crippen MR) is 119 cm³/mol. The van der Waals surface area contributed by atoms with E-state index in [0.717, 1.165) is 17.8 Å². The topological polar surface area (TPSA) is 56.8 Å². The van der Waals surface area contributed by atoms with E-state index in [1.807, 2.05) is 30.3 Å². The van der Waals surface area contributed by atoms with Crippen molar-refractivity contribution >= 4 is 17.2 Å². The number of para-hydroxylation sites is 1. The minimum atomic E-state index is -4.75. The summed E-state index contributed by atoms with van der Waals surface area (Å²) in [7, 11) is 0. The third-order valence-corrected chi connectivity index (χ3v) is 4.40. The van der Waals surface area contributed by atoms with Gasteiger partial charge in [-0.25, -0.2) is 4.79 Å². The zero-order valence-electron chi connectivity index (χ0n) is 18.0. The van der Waals surface area contributed by atoms with E-state index in [1.54, 1.807) is 38.1 Å². The molecule has 1 N–H and O–H groups in total. The van der Waals surface area contributed by atoms with Gasteiger partial charge in [0.1, 0.15) is 17.2 Å². The number of carbonyl (C=O) groups excluding carboxylic acids is 1. The first-order chi connectivity index (χ1) is 15.7. The Morgan fingerprint density at radius 3 is 1.94 bits per heavy atom. The number of hydrogen-bond acceptors (Lipinski definition) is 5. The molecule has 0 atom stereocenters. The van der Waals surface area contributed by atoms with Crippen LogP contribution in [0.2, 0.25) is 0 Å². The van der Waals surface area contributed by atoms with Crippen LogP contribution in [-0.2, 0) is 9.53 Å². The van der Waals surface area contributed by atoms with Crippen molar-refractivity contribution < 1.29 is 32.2 Å². The third-order valence-electron chi connectivity index (χ3n) is 4.40. The maximum atomic E-state index is 12.6. The Morgan fingerprint density at radius 1 is 0.848 bits per heavy atom. The number of nitrogens with one attached hydrogen (secondary N) is 1. The first kappa shape index (κ1) is 23.7. The maximum Gasteiger partial charge on any atom is 0.573 e. The summed E-state index contributed by atoms with van der Waals surface area (Å²) in [5.74, 6) is -0.0244. The van der Waals surface area contributed by atoms with E-state index < -0.39 is 12.3 Å². The maximum absolute atomic E-state index is 12.6. The van der Waals surface area contributed by atoms with Crippen LogP contribution in [-0.4, -0.2) is 18.9 Å². The van der Waals surface area contributed by atoms with Gasteiger partial charge in [0.25, 0.3) is 0 Å². The molecule has 0 fully saturated rings. The van der Waals surface area contributed by atoms with Gasteiger partial charge < -0.3 is 19.5 Å². The summed E-state index contributed by atoms with van der Waals surface area (Å²) in [4.78, 5) is 12.6. The summed E-state index contributed by atoms with van der Waals surface area (Å²) in [6.45, 7) is 3.75. The Hall–Kier alpha value is -3.94. The van der Waals surface area contributed by atoms with Crippen molar-refractivity contribution in [3.8, 4) is 17.2 Å². The summed E-state index contributed by atoms with van der Waals surface area (Å²) < 4.78 is 51.6. The van der Waals surface area contributed by atoms with Crippen LogP contribution < -0.4 is 14.8 Å². The molecule has 0 aromatic heterocycles. The largest absolute Gasteiger partial charge is 0.573 e. The molecular formula is C25H22F3NO4. The minimum absolute atomic E-state index is 0.232. The summed E-state index contributed by atoms with van der Waals surface area (Å²) >= 11 is 0. The Kier molecular flexibility index (Phi) is 7.61. The van der Waals surface area contributed by atoms with Crippen molar-refractivity contribution in [2.75, 3.05) is 11.9 Å². The standard InChI is InChI=1S/C25H22F3NO4/c1-3-31-24(30)23(17(2)29-19-7-5-4-6-8-19)18-9-11-20(12-10-18)32-21-13-15-22(16-14-21)33-25(26,27)28/h4-16,29H,3H2,1-2H3. The lowest BCUT2D eigenvalue weighted by Crippen LogP contribution is -2.16. The van der Waals surface area contributed by atoms with Crippen LogP contribution >= 0.6 is 0 Å². The third kappa shape index (κ3) is 7.03. The van der Waals surface area contributed by atoms with Crippen molar-refractivity contribution in [1.82, 2.24) is 0 Å². The highest BCUT2D eigenvalue weighted by atomic mass is 19.4. The van der Waals surface area contributed by atoms with E-state index in [4.69, 9.17) is 9.47 Å². The average Bonchev–Trinajstić information content (AvgIpc) is 2.76. The summed E-state index contributed by atoms with van der Waals surface area (Å²) in [6, 6.07) is 21.2. The van der Waals surface area contributed by atoms with Crippen LogP contribution in [0.4, 0.5) is 18.9 Å². The number of esters is 1. The van der Waals surface area contributed by atoms with Crippen LogP contribution in [0.25, 0.3) is 5.57 Å². The summed E-state index contributed by atoms with van der Waals surface area (Å²) in [5, 5.41) is 3.21. The number of alkyl halides is 3. The van der Waals surface area contributed by atoms with Crippen molar-refractivity contribution in [1.29, 1.82) is 0 Å². The Morgan fingerprint density at radius 2 is 1.39 bits per heavy atom. The van der Waals surface area contributed by atoms with Gasteiger partial charge in [0, 0.05) is 11.4 Å². The van der Waals surface area contributed by atoms with E-state index >= 15 is 0 Å². The first-order valence-electron chi connectivity index (χ1n) is 10.1. The number of allylic oxidation sites excluding steroid dienone is 1. The van der Waals surface area contributed by atoms with Crippen molar-refractivity contribution in [3.05, 3.63) is 90.1 Å². The van der Waals surface area contributed by atoms with Crippen molar-refractivity contribution in [2.45, 2.75) is 20.2 Å².